The van der Waals surface area contributed by atoms with E-state index in [-0.39, 0.29) is 10.8 Å². The van der Waals surface area contributed by atoms with Gasteiger partial charge in [0, 0.05) is 12.4 Å². The van der Waals surface area contributed by atoms with Gasteiger partial charge in [-0.2, -0.15) is 0 Å². The van der Waals surface area contributed by atoms with Crippen LogP contribution >= 0.6 is 0 Å². The topological polar surface area (TPSA) is 74.8 Å². The van der Waals surface area contributed by atoms with Crippen LogP contribution in [0.5, 0.6) is 0 Å². The first-order valence-electron chi connectivity index (χ1n) is 5.61. The Balaban J connectivity index is 2.25. The van der Waals surface area contributed by atoms with Gasteiger partial charge in [-0.25, -0.2) is 18.1 Å². The average molecular weight is 265 g/mol. The second-order valence-corrected chi connectivity index (χ2v) is 5.95. The fourth-order valence-corrected chi connectivity index (χ4v) is 2.52. The van der Waals surface area contributed by atoms with Crippen molar-refractivity contribution in [1.29, 1.82) is 0 Å². The van der Waals surface area contributed by atoms with Gasteiger partial charge < -0.3 is 4.98 Å². The number of anilines is 1. The second kappa shape index (κ2) is 4.81. The molecule has 2 rings (SSSR count). The van der Waals surface area contributed by atoms with E-state index in [9.17, 15) is 8.42 Å². The molecule has 0 bridgehead atoms. The highest BCUT2D eigenvalue weighted by Gasteiger charge is 2.15. The minimum Gasteiger partial charge on any atom is -0.330 e. The van der Waals surface area contributed by atoms with E-state index >= 15 is 0 Å². The van der Waals surface area contributed by atoms with Crippen LogP contribution < -0.4 is 4.72 Å². The first-order chi connectivity index (χ1) is 8.49. The van der Waals surface area contributed by atoms with Crippen LogP contribution in [0.2, 0.25) is 0 Å². The number of benzene rings is 1. The van der Waals surface area contributed by atoms with Crippen LogP contribution in [0.15, 0.2) is 41.6 Å². The molecule has 0 saturated carbocycles. The number of aromatic nitrogens is 2. The van der Waals surface area contributed by atoms with Crippen LogP contribution in [0.1, 0.15) is 25.3 Å². The zero-order valence-electron chi connectivity index (χ0n) is 10.2. The SMILES string of the molecule is CC(C)c1ccc(S(=O)(=O)Nc2ncc[nH]2)cc1. The Kier molecular flexibility index (Phi) is 3.38. The summed E-state index contributed by atoms with van der Waals surface area (Å²) >= 11 is 0. The lowest BCUT2D eigenvalue weighted by Gasteiger charge is -2.08. The number of H-pyrrole nitrogens is 1. The van der Waals surface area contributed by atoms with Crippen molar-refractivity contribution in [2.45, 2.75) is 24.7 Å². The summed E-state index contributed by atoms with van der Waals surface area (Å²) in [5, 5.41) is 0. The molecular weight excluding hydrogens is 250 g/mol. The molecule has 18 heavy (non-hydrogen) atoms. The van der Waals surface area contributed by atoms with Crippen molar-refractivity contribution in [3.8, 4) is 0 Å². The monoisotopic (exact) mass is 265 g/mol. The number of nitrogens with one attached hydrogen (secondary N) is 2. The van der Waals surface area contributed by atoms with Crippen LogP contribution in [0, 0.1) is 0 Å². The Hall–Kier alpha value is -1.82. The van der Waals surface area contributed by atoms with E-state index in [1.54, 1.807) is 18.3 Å². The highest BCUT2D eigenvalue weighted by Crippen LogP contribution is 2.18. The molecule has 0 atom stereocenters. The number of aromatic amines is 1. The molecule has 0 radical (unpaired) electrons. The number of hydrogen-bond acceptors (Lipinski definition) is 3. The standard InChI is InChI=1S/C12H15N3O2S/c1-9(2)10-3-5-11(6-4-10)18(16,17)15-12-13-7-8-14-12/h3-9H,1-2H3,(H2,13,14,15). The number of hydrogen-bond donors (Lipinski definition) is 2. The molecule has 2 aromatic rings. The molecule has 0 amide bonds. The number of nitrogens with zero attached hydrogens (tertiary/aromatic N) is 1. The minimum absolute atomic E-state index is 0.211. The fourth-order valence-electron chi connectivity index (χ4n) is 1.54. The van der Waals surface area contributed by atoms with Crippen LogP contribution in [-0.2, 0) is 10.0 Å². The largest absolute Gasteiger partial charge is 0.330 e. The Morgan fingerprint density at radius 1 is 1.22 bits per heavy atom. The van der Waals surface area contributed by atoms with E-state index in [4.69, 9.17) is 0 Å². The summed E-state index contributed by atoms with van der Waals surface area (Å²) in [6, 6.07) is 6.84. The summed E-state index contributed by atoms with van der Waals surface area (Å²) in [7, 11) is -3.57. The molecule has 6 heteroatoms. The average Bonchev–Trinajstić information content (AvgIpc) is 2.81. The van der Waals surface area contributed by atoms with Gasteiger partial charge in [0.2, 0.25) is 5.95 Å². The molecule has 0 unspecified atom stereocenters. The molecule has 5 nitrogen and oxygen atoms in total. The second-order valence-electron chi connectivity index (χ2n) is 4.27. The normalized spacial score (nSPS) is 11.7. The molecule has 0 aliphatic rings. The maximum atomic E-state index is 12.0. The van der Waals surface area contributed by atoms with E-state index in [1.165, 1.54) is 6.20 Å². The molecule has 1 heterocycles. The third kappa shape index (κ3) is 2.70. The molecular formula is C12H15N3O2S. The Morgan fingerprint density at radius 3 is 2.39 bits per heavy atom. The quantitative estimate of drug-likeness (QED) is 0.891. The molecule has 0 spiro atoms. The van der Waals surface area contributed by atoms with Gasteiger partial charge in [-0.1, -0.05) is 26.0 Å². The highest BCUT2D eigenvalue weighted by molar-refractivity contribution is 7.92. The summed E-state index contributed by atoms with van der Waals surface area (Å²) in [5.41, 5.74) is 1.10. The van der Waals surface area contributed by atoms with Crippen molar-refractivity contribution >= 4 is 16.0 Å². The Morgan fingerprint density at radius 2 is 1.89 bits per heavy atom. The van der Waals surface area contributed by atoms with Crippen LogP contribution in [0.3, 0.4) is 0 Å². The van der Waals surface area contributed by atoms with E-state index < -0.39 is 10.0 Å². The maximum absolute atomic E-state index is 12.0. The van der Waals surface area contributed by atoms with Gasteiger partial charge in [0.1, 0.15) is 0 Å². The van der Waals surface area contributed by atoms with Gasteiger partial charge in [-0.05, 0) is 23.6 Å². The molecule has 1 aromatic heterocycles. The Labute approximate surface area is 106 Å². The fraction of sp³-hybridized carbons (Fsp3) is 0.250. The Bertz CT molecular complexity index is 601. The molecule has 0 aliphatic heterocycles. The first kappa shape index (κ1) is 12.6. The molecule has 96 valence electrons. The number of imidazole rings is 1. The van der Waals surface area contributed by atoms with E-state index in [0.29, 0.717) is 5.92 Å². The lowest BCUT2D eigenvalue weighted by molar-refractivity contribution is 0.601. The highest BCUT2D eigenvalue weighted by atomic mass is 32.2. The predicted molar refractivity (Wildman–Crippen MR) is 69.9 cm³/mol. The van der Waals surface area contributed by atoms with Gasteiger partial charge in [-0.3, -0.25) is 0 Å². The van der Waals surface area contributed by atoms with Crippen molar-refractivity contribution in [2.75, 3.05) is 4.72 Å². The van der Waals surface area contributed by atoms with Crippen LogP contribution in [0.4, 0.5) is 5.95 Å². The summed E-state index contributed by atoms with van der Waals surface area (Å²) in [6.07, 6.45) is 3.04. The minimum atomic E-state index is -3.57. The van der Waals surface area contributed by atoms with Gasteiger partial charge in [-0.15, -0.1) is 0 Å². The zero-order valence-corrected chi connectivity index (χ0v) is 11.0. The number of rotatable bonds is 4. The smallest absolute Gasteiger partial charge is 0.264 e. The van der Waals surface area contributed by atoms with Crippen LogP contribution in [0.25, 0.3) is 0 Å². The molecule has 0 saturated heterocycles. The molecule has 0 aliphatic carbocycles. The summed E-state index contributed by atoms with van der Waals surface area (Å²) in [4.78, 5) is 6.74. The molecule has 2 N–H and O–H groups in total. The zero-order chi connectivity index (χ0) is 13.2. The molecule has 1 aromatic carbocycles. The van der Waals surface area contributed by atoms with Gasteiger partial charge in [0.25, 0.3) is 10.0 Å². The first-order valence-corrected chi connectivity index (χ1v) is 7.09. The lowest BCUT2D eigenvalue weighted by Crippen LogP contribution is -2.13. The summed E-state index contributed by atoms with van der Waals surface area (Å²) in [5.74, 6) is 0.586. The van der Waals surface area contributed by atoms with Crippen LogP contribution in [-0.4, -0.2) is 18.4 Å². The number of sulfonamides is 1. The van der Waals surface area contributed by atoms with Gasteiger partial charge in [0.15, 0.2) is 0 Å². The predicted octanol–water partition coefficient (Wildman–Crippen LogP) is 2.33. The lowest BCUT2D eigenvalue weighted by atomic mass is 10.0. The van der Waals surface area contributed by atoms with Gasteiger partial charge >= 0.3 is 0 Å². The van der Waals surface area contributed by atoms with Crippen molar-refractivity contribution in [3.05, 3.63) is 42.2 Å². The van der Waals surface area contributed by atoms with Crippen molar-refractivity contribution in [1.82, 2.24) is 9.97 Å². The third-order valence-corrected chi connectivity index (χ3v) is 3.94. The van der Waals surface area contributed by atoms with E-state index in [1.807, 2.05) is 12.1 Å². The van der Waals surface area contributed by atoms with E-state index in [2.05, 4.69) is 28.5 Å². The summed E-state index contributed by atoms with van der Waals surface area (Å²) < 4.78 is 26.4. The van der Waals surface area contributed by atoms with E-state index in [0.717, 1.165) is 5.56 Å². The van der Waals surface area contributed by atoms with Gasteiger partial charge in [0.05, 0.1) is 4.90 Å². The van der Waals surface area contributed by atoms with Crippen molar-refractivity contribution in [3.63, 3.8) is 0 Å². The van der Waals surface area contributed by atoms with Crippen molar-refractivity contribution < 1.29 is 8.42 Å². The summed E-state index contributed by atoms with van der Waals surface area (Å²) in [6.45, 7) is 4.12. The molecule has 0 fully saturated rings. The maximum Gasteiger partial charge on any atom is 0.264 e. The van der Waals surface area contributed by atoms with Crippen molar-refractivity contribution in [2.24, 2.45) is 0 Å². The third-order valence-electron chi connectivity index (χ3n) is 2.59.